The average Bonchev–Trinajstić information content (AvgIpc) is 1.66. The van der Waals surface area contributed by atoms with Gasteiger partial charge in [-0.15, -0.1) is 0 Å². The summed E-state index contributed by atoms with van der Waals surface area (Å²) in [7, 11) is 0. The van der Waals surface area contributed by atoms with Crippen LogP contribution in [0.25, 0.3) is 0 Å². The van der Waals surface area contributed by atoms with Crippen molar-refractivity contribution < 1.29 is 14.3 Å². The van der Waals surface area contributed by atoms with E-state index in [1.165, 1.54) is 0 Å². The summed E-state index contributed by atoms with van der Waals surface area (Å²) in [6.45, 7) is -0.745. The van der Waals surface area contributed by atoms with Gasteiger partial charge in [0, 0.05) is 6.54 Å². The molecule has 0 atom stereocenters. The van der Waals surface area contributed by atoms with Gasteiger partial charge in [0.1, 0.15) is 6.67 Å². The van der Waals surface area contributed by atoms with Crippen LogP contribution in [-0.2, 0) is 9.90 Å². The molecular formula is C4H7FNO2. The van der Waals surface area contributed by atoms with Gasteiger partial charge in [-0.1, -0.05) is 0 Å². The van der Waals surface area contributed by atoms with Gasteiger partial charge in [0.05, 0.1) is 6.54 Å². The maximum absolute atomic E-state index is 11.2. The molecule has 3 nitrogen and oxygen atoms in total. The van der Waals surface area contributed by atoms with E-state index in [9.17, 15) is 14.3 Å². The van der Waals surface area contributed by atoms with E-state index >= 15 is 0 Å². The number of alkyl halides is 1. The second kappa shape index (κ2) is 4.52. The van der Waals surface area contributed by atoms with E-state index in [2.05, 4.69) is 5.32 Å². The third-order valence-electron chi connectivity index (χ3n) is 0.541. The predicted molar refractivity (Wildman–Crippen MR) is 24.5 cm³/mol. The first-order valence-corrected chi connectivity index (χ1v) is 2.24. The summed E-state index contributed by atoms with van der Waals surface area (Å²) in [4.78, 5) is 9.58. The van der Waals surface area contributed by atoms with Crippen molar-refractivity contribution in [2.75, 3.05) is 19.8 Å². The number of carbonyl (C=O) groups excluding carboxylic acids is 1. The summed E-state index contributed by atoms with van der Waals surface area (Å²) < 4.78 is 11.2. The summed E-state index contributed by atoms with van der Waals surface area (Å²) in [6.07, 6.45) is 0. The van der Waals surface area contributed by atoms with Crippen LogP contribution in [0.1, 0.15) is 0 Å². The van der Waals surface area contributed by atoms with Crippen LogP contribution in [-0.4, -0.2) is 25.7 Å². The van der Waals surface area contributed by atoms with Crippen LogP contribution in [0.4, 0.5) is 4.39 Å². The molecule has 0 aromatic rings. The van der Waals surface area contributed by atoms with Crippen LogP contribution in [0, 0.1) is 0 Å². The molecule has 0 fully saturated rings. The molecule has 8 heavy (non-hydrogen) atoms. The molecule has 4 heteroatoms. The minimum absolute atomic E-state index is 0.0774. The van der Waals surface area contributed by atoms with Crippen LogP contribution in [0.15, 0.2) is 0 Å². The first-order chi connectivity index (χ1) is 3.77. The van der Waals surface area contributed by atoms with Crippen molar-refractivity contribution in [3.8, 4) is 0 Å². The molecule has 0 aromatic carbocycles. The van der Waals surface area contributed by atoms with E-state index in [4.69, 9.17) is 0 Å². The molecule has 1 radical (unpaired) electrons. The highest BCUT2D eigenvalue weighted by atomic mass is 19.1. The highest BCUT2D eigenvalue weighted by molar-refractivity contribution is 5.68. The van der Waals surface area contributed by atoms with Crippen LogP contribution < -0.4 is 5.32 Å². The molecule has 0 aromatic heterocycles. The monoisotopic (exact) mass is 120 g/mol. The molecule has 0 spiro atoms. The van der Waals surface area contributed by atoms with Gasteiger partial charge in [-0.3, -0.25) is 0 Å². The quantitative estimate of drug-likeness (QED) is 0.508. The highest BCUT2D eigenvalue weighted by Crippen LogP contribution is 1.63. The molecule has 0 aliphatic carbocycles. The van der Waals surface area contributed by atoms with Gasteiger partial charge in [-0.05, 0) is 0 Å². The van der Waals surface area contributed by atoms with Gasteiger partial charge in [0.25, 0.3) is 0 Å². The minimum Gasteiger partial charge on any atom is -0.304 e. The van der Waals surface area contributed by atoms with Crippen molar-refractivity contribution in [3.05, 3.63) is 0 Å². The molecule has 0 amide bonds. The summed E-state index contributed by atoms with van der Waals surface area (Å²) in [5.74, 6) is -1.21. The molecule has 0 unspecified atom stereocenters. The molecule has 0 rings (SSSR count). The maximum Gasteiger partial charge on any atom is 0.369 e. The maximum atomic E-state index is 11.2. The summed E-state index contributed by atoms with van der Waals surface area (Å²) in [5, 5.41) is 11.9. The third kappa shape index (κ3) is 5.36. The lowest BCUT2D eigenvalue weighted by Crippen LogP contribution is -2.23. The van der Waals surface area contributed by atoms with E-state index in [0.717, 1.165) is 0 Å². The lowest BCUT2D eigenvalue weighted by Gasteiger charge is -1.91. The Morgan fingerprint density at radius 1 is 1.62 bits per heavy atom. The van der Waals surface area contributed by atoms with E-state index in [1.807, 2.05) is 0 Å². The van der Waals surface area contributed by atoms with Gasteiger partial charge < -0.3 is 5.32 Å². The molecule has 0 heterocycles. The second-order valence-corrected chi connectivity index (χ2v) is 1.24. The number of halogens is 1. The molecule has 0 aliphatic rings. The second-order valence-electron chi connectivity index (χ2n) is 1.24. The number of hydrogen-bond donors (Lipinski definition) is 1. The number of rotatable bonds is 4. The lowest BCUT2D eigenvalue weighted by atomic mass is 10.6. The van der Waals surface area contributed by atoms with Crippen molar-refractivity contribution in [1.82, 2.24) is 5.32 Å². The Balaban J connectivity index is 2.82. The van der Waals surface area contributed by atoms with Crippen molar-refractivity contribution in [3.63, 3.8) is 0 Å². The molecule has 0 saturated carbocycles. The normalized spacial score (nSPS) is 9.12. The summed E-state index contributed by atoms with van der Waals surface area (Å²) in [6, 6.07) is 0. The number of carbonyl (C=O) groups is 1. The third-order valence-corrected chi connectivity index (χ3v) is 0.541. The van der Waals surface area contributed by atoms with Gasteiger partial charge in [-0.2, -0.15) is 0 Å². The largest absolute Gasteiger partial charge is 0.369 e. The molecule has 0 bridgehead atoms. The molecule has 47 valence electrons. The van der Waals surface area contributed by atoms with E-state index in [0.29, 0.717) is 0 Å². The summed E-state index contributed by atoms with van der Waals surface area (Å²) in [5.41, 5.74) is 0. The molecule has 0 saturated heterocycles. The first-order valence-electron chi connectivity index (χ1n) is 2.24. The molecule has 0 aliphatic heterocycles. The Hall–Kier alpha value is -0.640. The van der Waals surface area contributed by atoms with Gasteiger partial charge in [0.2, 0.25) is 0 Å². The number of hydrogen-bond acceptors (Lipinski definition) is 2. The number of nitrogens with one attached hydrogen (secondary N) is 1. The zero-order chi connectivity index (χ0) is 6.41. The smallest absolute Gasteiger partial charge is 0.304 e. The van der Waals surface area contributed by atoms with Crippen LogP contribution in [0.3, 0.4) is 0 Å². The van der Waals surface area contributed by atoms with E-state index in [1.54, 1.807) is 0 Å². The van der Waals surface area contributed by atoms with Crippen molar-refractivity contribution >= 4 is 5.97 Å². The van der Waals surface area contributed by atoms with Crippen molar-refractivity contribution in [1.29, 1.82) is 0 Å². The molecular weight excluding hydrogens is 113 g/mol. The van der Waals surface area contributed by atoms with Crippen LogP contribution in [0.5, 0.6) is 0 Å². The van der Waals surface area contributed by atoms with Gasteiger partial charge in [-0.25, -0.2) is 14.3 Å². The minimum atomic E-state index is -1.21. The highest BCUT2D eigenvalue weighted by Gasteiger charge is 1.94. The zero-order valence-corrected chi connectivity index (χ0v) is 4.32. The Morgan fingerprint density at radius 2 is 2.25 bits per heavy atom. The van der Waals surface area contributed by atoms with E-state index < -0.39 is 12.6 Å². The Kier molecular flexibility index (Phi) is 4.16. The first kappa shape index (κ1) is 7.36. The zero-order valence-electron chi connectivity index (χ0n) is 4.32. The van der Waals surface area contributed by atoms with Crippen LogP contribution >= 0.6 is 0 Å². The van der Waals surface area contributed by atoms with Crippen molar-refractivity contribution in [2.45, 2.75) is 0 Å². The molecule has 1 N–H and O–H groups in total. The van der Waals surface area contributed by atoms with Crippen LogP contribution in [0.2, 0.25) is 0 Å². The fourth-order valence-electron chi connectivity index (χ4n) is 0.257. The average molecular weight is 120 g/mol. The van der Waals surface area contributed by atoms with Gasteiger partial charge in [0.15, 0.2) is 0 Å². The fraction of sp³-hybridized carbons (Fsp3) is 0.750. The topological polar surface area (TPSA) is 49.0 Å². The van der Waals surface area contributed by atoms with E-state index in [-0.39, 0.29) is 13.1 Å². The Labute approximate surface area is 46.5 Å². The Morgan fingerprint density at radius 3 is 2.62 bits per heavy atom. The predicted octanol–water partition coefficient (Wildman–Crippen LogP) is -0.497. The SMILES string of the molecule is [O]C(=O)CNCCF. The standard InChI is InChI=1S/C4H7FNO2/c5-1-2-6-3-4(7)8/h6H,1-3H2. The fourth-order valence-corrected chi connectivity index (χ4v) is 0.257. The van der Waals surface area contributed by atoms with Crippen molar-refractivity contribution in [2.24, 2.45) is 0 Å². The summed E-state index contributed by atoms with van der Waals surface area (Å²) >= 11 is 0. The Bertz CT molecular complexity index is 76.4. The lowest BCUT2D eigenvalue weighted by molar-refractivity contribution is -0.141. The van der Waals surface area contributed by atoms with Gasteiger partial charge >= 0.3 is 5.97 Å².